The summed E-state index contributed by atoms with van der Waals surface area (Å²) in [6, 6.07) is 4.29. The number of nitrogens with zero attached hydrogens (tertiary/aromatic N) is 3. The van der Waals surface area contributed by atoms with Crippen LogP contribution in [0.15, 0.2) is 18.3 Å². The Morgan fingerprint density at radius 1 is 1.15 bits per heavy atom. The Morgan fingerprint density at radius 2 is 1.92 bits per heavy atom. The topological polar surface area (TPSA) is 56.4 Å². The van der Waals surface area contributed by atoms with Crippen LogP contribution in [-0.2, 0) is 11.3 Å². The molecule has 4 heterocycles. The Bertz CT molecular complexity index is 701. The van der Waals surface area contributed by atoms with E-state index in [1.54, 1.807) is 7.11 Å². The lowest BCUT2D eigenvalue weighted by molar-refractivity contribution is 0.0938. The first-order valence-electron chi connectivity index (χ1n) is 9.95. The smallest absolute Gasteiger partial charge is 0.137 e. The first kappa shape index (κ1) is 17.9. The van der Waals surface area contributed by atoms with Crippen LogP contribution in [0.5, 0.6) is 0 Å². The minimum Gasteiger partial charge on any atom is -0.383 e. The van der Waals surface area contributed by atoms with Gasteiger partial charge in [-0.05, 0) is 43.6 Å². The zero-order chi connectivity index (χ0) is 17.8. The standard InChI is InChI=1S/C20H31N5O/c1-26-14-13-24-9-11-25(12-10-24)15-18-17-3-2-6-22-20(17)23-19(18)16-4-7-21-8-5-16/h2-3,6,16,21H,4-5,7-15H2,1H3,(H,22,23). The highest BCUT2D eigenvalue weighted by atomic mass is 16.5. The average Bonchev–Trinajstić information content (AvgIpc) is 3.07. The van der Waals surface area contributed by atoms with Gasteiger partial charge in [0.2, 0.25) is 0 Å². The number of H-pyrrole nitrogens is 1. The van der Waals surface area contributed by atoms with Gasteiger partial charge < -0.3 is 15.0 Å². The van der Waals surface area contributed by atoms with Gasteiger partial charge in [-0.25, -0.2) is 4.98 Å². The van der Waals surface area contributed by atoms with Crippen molar-refractivity contribution in [3.05, 3.63) is 29.6 Å². The molecule has 0 aromatic carbocycles. The second-order valence-electron chi connectivity index (χ2n) is 7.55. The summed E-state index contributed by atoms with van der Waals surface area (Å²) >= 11 is 0. The Labute approximate surface area is 155 Å². The highest BCUT2D eigenvalue weighted by Crippen LogP contribution is 2.32. The van der Waals surface area contributed by atoms with E-state index < -0.39 is 0 Å². The van der Waals surface area contributed by atoms with Crippen molar-refractivity contribution in [1.82, 2.24) is 25.1 Å². The number of hydrogen-bond acceptors (Lipinski definition) is 5. The Morgan fingerprint density at radius 3 is 2.69 bits per heavy atom. The molecule has 2 aromatic rings. The molecule has 0 amide bonds. The van der Waals surface area contributed by atoms with Crippen molar-refractivity contribution < 1.29 is 4.74 Å². The number of nitrogens with one attached hydrogen (secondary N) is 2. The highest BCUT2D eigenvalue weighted by molar-refractivity contribution is 5.81. The van der Waals surface area contributed by atoms with E-state index in [0.29, 0.717) is 5.92 Å². The number of hydrogen-bond donors (Lipinski definition) is 2. The molecular formula is C20H31N5O. The molecule has 142 valence electrons. The summed E-state index contributed by atoms with van der Waals surface area (Å²) in [6.45, 7) is 9.65. The van der Waals surface area contributed by atoms with Crippen molar-refractivity contribution in [2.24, 2.45) is 0 Å². The average molecular weight is 358 g/mol. The van der Waals surface area contributed by atoms with Crippen molar-refractivity contribution in [3.63, 3.8) is 0 Å². The van der Waals surface area contributed by atoms with Crippen LogP contribution in [0.2, 0.25) is 0 Å². The lowest BCUT2D eigenvalue weighted by Gasteiger charge is -2.35. The molecule has 0 saturated carbocycles. The fourth-order valence-corrected chi connectivity index (χ4v) is 4.34. The van der Waals surface area contributed by atoms with E-state index in [2.05, 4.69) is 37.2 Å². The normalized spacial score (nSPS) is 20.8. The minimum absolute atomic E-state index is 0.628. The fourth-order valence-electron chi connectivity index (χ4n) is 4.34. The third-order valence-corrected chi connectivity index (χ3v) is 5.92. The summed E-state index contributed by atoms with van der Waals surface area (Å²) in [5.41, 5.74) is 3.96. The van der Waals surface area contributed by atoms with Crippen molar-refractivity contribution in [1.29, 1.82) is 0 Å². The van der Waals surface area contributed by atoms with Gasteiger partial charge in [-0.1, -0.05) is 0 Å². The molecular weight excluding hydrogens is 326 g/mol. The SMILES string of the molecule is COCCN1CCN(Cc2c(C3CCNCC3)[nH]c3ncccc23)CC1. The van der Waals surface area contributed by atoms with Gasteiger partial charge in [0.15, 0.2) is 0 Å². The Kier molecular flexibility index (Phi) is 5.84. The van der Waals surface area contributed by atoms with Crippen LogP contribution in [0.4, 0.5) is 0 Å². The fraction of sp³-hybridized carbons (Fsp3) is 0.650. The molecule has 2 saturated heterocycles. The predicted molar refractivity (Wildman–Crippen MR) is 105 cm³/mol. The number of pyridine rings is 1. The van der Waals surface area contributed by atoms with Crippen molar-refractivity contribution in [2.45, 2.75) is 25.3 Å². The number of piperazine rings is 1. The van der Waals surface area contributed by atoms with Gasteiger partial charge in [0.1, 0.15) is 5.65 Å². The van der Waals surface area contributed by atoms with Crippen molar-refractivity contribution in [3.8, 4) is 0 Å². The van der Waals surface area contributed by atoms with Gasteiger partial charge in [0.05, 0.1) is 6.61 Å². The molecule has 0 aliphatic carbocycles. The molecule has 0 unspecified atom stereocenters. The second kappa shape index (κ2) is 8.48. The number of aromatic amines is 1. The van der Waals surface area contributed by atoms with Crippen LogP contribution in [0.1, 0.15) is 30.0 Å². The number of rotatable bonds is 6. The van der Waals surface area contributed by atoms with E-state index in [9.17, 15) is 0 Å². The molecule has 2 aromatic heterocycles. The third-order valence-electron chi connectivity index (χ3n) is 5.92. The second-order valence-corrected chi connectivity index (χ2v) is 7.55. The summed E-state index contributed by atoms with van der Waals surface area (Å²) in [6.07, 6.45) is 4.32. The molecule has 2 aliphatic rings. The summed E-state index contributed by atoms with van der Waals surface area (Å²) in [4.78, 5) is 13.4. The Hall–Kier alpha value is -1.47. The third kappa shape index (κ3) is 3.93. The van der Waals surface area contributed by atoms with Crippen LogP contribution in [0.25, 0.3) is 11.0 Å². The van der Waals surface area contributed by atoms with E-state index in [1.165, 1.54) is 29.5 Å². The minimum atomic E-state index is 0.628. The molecule has 6 nitrogen and oxygen atoms in total. The van der Waals surface area contributed by atoms with E-state index >= 15 is 0 Å². The molecule has 2 fully saturated rings. The number of aromatic nitrogens is 2. The largest absolute Gasteiger partial charge is 0.383 e. The lowest BCUT2D eigenvalue weighted by Crippen LogP contribution is -2.46. The van der Waals surface area contributed by atoms with Crippen LogP contribution < -0.4 is 5.32 Å². The molecule has 0 bridgehead atoms. The summed E-state index contributed by atoms with van der Waals surface area (Å²) in [7, 11) is 1.78. The number of ether oxygens (including phenoxy) is 1. The molecule has 0 radical (unpaired) electrons. The Balaban J connectivity index is 1.50. The highest BCUT2D eigenvalue weighted by Gasteiger charge is 2.25. The molecule has 0 atom stereocenters. The molecule has 6 heteroatoms. The molecule has 0 spiro atoms. The van der Waals surface area contributed by atoms with Crippen LogP contribution in [0, 0.1) is 0 Å². The molecule has 4 rings (SSSR count). The predicted octanol–water partition coefficient (Wildman–Crippen LogP) is 1.79. The van der Waals surface area contributed by atoms with E-state index in [4.69, 9.17) is 4.74 Å². The summed E-state index contributed by atoms with van der Waals surface area (Å²) in [5.74, 6) is 0.628. The van der Waals surface area contributed by atoms with Gasteiger partial charge in [-0.15, -0.1) is 0 Å². The monoisotopic (exact) mass is 357 g/mol. The number of fused-ring (bicyclic) bond motifs is 1. The summed E-state index contributed by atoms with van der Waals surface area (Å²) < 4.78 is 5.22. The van der Waals surface area contributed by atoms with Gasteiger partial charge in [-0.3, -0.25) is 9.80 Å². The maximum Gasteiger partial charge on any atom is 0.137 e. The van der Waals surface area contributed by atoms with Gasteiger partial charge >= 0.3 is 0 Å². The maximum atomic E-state index is 5.22. The first-order chi connectivity index (χ1) is 12.8. The van der Waals surface area contributed by atoms with Gasteiger partial charge in [0.25, 0.3) is 0 Å². The zero-order valence-electron chi connectivity index (χ0n) is 15.8. The van der Waals surface area contributed by atoms with Gasteiger partial charge in [0, 0.05) is 69.6 Å². The number of methoxy groups -OCH3 is 1. The zero-order valence-corrected chi connectivity index (χ0v) is 15.8. The van der Waals surface area contributed by atoms with Crippen LogP contribution >= 0.6 is 0 Å². The van der Waals surface area contributed by atoms with Crippen LogP contribution in [0.3, 0.4) is 0 Å². The molecule has 2 N–H and O–H groups in total. The van der Waals surface area contributed by atoms with Gasteiger partial charge in [-0.2, -0.15) is 0 Å². The summed E-state index contributed by atoms with van der Waals surface area (Å²) in [5, 5.41) is 4.79. The van der Waals surface area contributed by atoms with Crippen molar-refractivity contribution >= 4 is 11.0 Å². The first-order valence-corrected chi connectivity index (χ1v) is 9.95. The maximum absolute atomic E-state index is 5.22. The quantitative estimate of drug-likeness (QED) is 0.826. The van der Waals surface area contributed by atoms with Crippen LogP contribution in [-0.4, -0.2) is 79.3 Å². The molecule has 2 aliphatic heterocycles. The molecule has 26 heavy (non-hydrogen) atoms. The van der Waals surface area contributed by atoms with E-state index in [1.807, 2.05) is 6.20 Å². The van der Waals surface area contributed by atoms with Crippen molar-refractivity contribution in [2.75, 3.05) is 59.5 Å². The lowest BCUT2D eigenvalue weighted by atomic mass is 9.91. The van der Waals surface area contributed by atoms with E-state index in [-0.39, 0.29) is 0 Å². The van der Waals surface area contributed by atoms with E-state index in [0.717, 1.165) is 64.6 Å². The number of piperidine rings is 1.